The van der Waals surface area contributed by atoms with Crippen molar-refractivity contribution in [2.45, 2.75) is 6.92 Å². The topological polar surface area (TPSA) is 92.7 Å². The van der Waals surface area contributed by atoms with Crippen LogP contribution >= 0.6 is 11.3 Å². The number of aliphatic carboxylic acids is 1. The summed E-state index contributed by atoms with van der Waals surface area (Å²) >= 11 is 1.15. The Hall–Kier alpha value is -2.15. The van der Waals surface area contributed by atoms with Gasteiger partial charge in [0, 0.05) is 12.2 Å². The number of hydrogen-bond acceptors (Lipinski definition) is 5. The van der Waals surface area contributed by atoms with Crippen molar-refractivity contribution in [2.75, 3.05) is 12.4 Å². The Kier molecular flexibility index (Phi) is 4.61. The number of thiophene rings is 1. The predicted molar refractivity (Wildman–Crippen MR) is 65.8 cm³/mol. The highest BCUT2D eigenvalue weighted by Crippen LogP contribution is 2.28. The molecule has 2 N–H and O–H groups in total. The minimum atomic E-state index is -1.22. The van der Waals surface area contributed by atoms with Crippen LogP contribution in [0.3, 0.4) is 0 Å². The van der Waals surface area contributed by atoms with Crippen LogP contribution in [0.2, 0.25) is 0 Å². The van der Waals surface area contributed by atoms with Crippen molar-refractivity contribution >= 4 is 34.9 Å². The van der Waals surface area contributed by atoms with E-state index >= 15 is 0 Å². The number of aryl methyl sites for hydroxylation is 1. The molecule has 0 aromatic carbocycles. The van der Waals surface area contributed by atoms with E-state index in [0.717, 1.165) is 23.5 Å². The number of hydrogen-bond donors (Lipinski definition) is 2. The zero-order valence-corrected chi connectivity index (χ0v) is 10.5. The van der Waals surface area contributed by atoms with Crippen molar-refractivity contribution in [3.05, 3.63) is 28.0 Å². The van der Waals surface area contributed by atoms with Gasteiger partial charge in [-0.2, -0.15) is 0 Å². The highest BCUT2D eigenvalue weighted by Gasteiger charge is 2.17. The Morgan fingerprint density at radius 2 is 2.06 bits per heavy atom. The van der Waals surface area contributed by atoms with Crippen LogP contribution in [-0.2, 0) is 14.3 Å². The lowest BCUT2D eigenvalue weighted by atomic mass is 10.2. The Bertz CT molecular complexity index is 518. The maximum absolute atomic E-state index is 11.4. The number of esters is 1. The summed E-state index contributed by atoms with van der Waals surface area (Å²) in [4.78, 5) is 33.4. The van der Waals surface area contributed by atoms with Gasteiger partial charge < -0.3 is 15.2 Å². The van der Waals surface area contributed by atoms with Gasteiger partial charge in [0.05, 0.1) is 12.8 Å². The minimum Gasteiger partial charge on any atom is -0.478 e. The van der Waals surface area contributed by atoms with Crippen LogP contribution in [-0.4, -0.2) is 30.1 Å². The van der Waals surface area contributed by atoms with Gasteiger partial charge in [-0.05, 0) is 17.9 Å². The van der Waals surface area contributed by atoms with E-state index in [1.54, 1.807) is 12.3 Å². The summed E-state index contributed by atoms with van der Waals surface area (Å²) in [5.41, 5.74) is 1.05. The number of nitrogens with one attached hydrogen (secondary N) is 1. The molecular formula is C11H11NO5S. The fraction of sp³-hybridized carbons (Fsp3) is 0.182. The third kappa shape index (κ3) is 3.42. The fourth-order valence-corrected chi connectivity index (χ4v) is 2.08. The van der Waals surface area contributed by atoms with E-state index in [1.807, 2.05) is 0 Å². The van der Waals surface area contributed by atoms with Gasteiger partial charge in [-0.3, -0.25) is 4.79 Å². The summed E-state index contributed by atoms with van der Waals surface area (Å²) in [6.07, 6.45) is 1.59. The number of carbonyl (C=O) groups excluding carboxylic acids is 2. The van der Waals surface area contributed by atoms with Gasteiger partial charge in [0.2, 0.25) is 5.91 Å². The smallest absolute Gasteiger partial charge is 0.350 e. The van der Waals surface area contributed by atoms with Gasteiger partial charge in [0.15, 0.2) is 0 Å². The van der Waals surface area contributed by atoms with Gasteiger partial charge in [-0.15, -0.1) is 11.3 Å². The maximum atomic E-state index is 11.4. The summed E-state index contributed by atoms with van der Waals surface area (Å²) in [5.74, 6) is -2.39. The van der Waals surface area contributed by atoms with Crippen molar-refractivity contribution in [3.63, 3.8) is 0 Å². The molecule has 0 aliphatic carbocycles. The third-order valence-corrected chi connectivity index (χ3v) is 3.05. The molecule has 1 aromatic heterocycles. The number of ether oxygens (including phenoxy) is 1. The van der Waals surface area contributed by atoms with Crippen molar-refractivity contribution in [2.24, 2.45) is 0 Å². The van der Waals surface area contributed by atoms with Gasteiger partial charge in [0.25, 0.3) is 0 Å². The molecule has 1 amide bonds. The van der Waals surface area contributed by atoms with Crippen molar-refractivity contribution in [1.82, 2.24) is 0 Å². The molecule has 18 heavy (non-hydrogen) atoms. The van der Waals surface area contributed by atoms with E-state index in [2.05, 4.69) is 10.1 Å². The molecule has 0 bridgehead atoms. The molecule has 0 aliphatic heterocycles. The standard InChI is InChI=1S/C11H11NO5S/c1-6-5-18-10(11(16)17-2)9(6)12-7(13)3-4-8(14)15/h3-5H,1-2H3,(H,12,13)(H,14,15)/b4-3+. The average molecular weight is 269 g/mol. The molecule has 1 heterocycles. The number of carboxylic acids is 1. The molecule has 1 aromatic rings. The van der Waals surface area contributed by atoms with Gasteiger partial charge >= 0.3 is 11.9 Å². The molecule has 0 saturated heterocycles. The van der Waals surface area contributed by atoms with Crippen LogP contribution in [0.4, 0.5) is 5.69 Å². The number of rotatable bonds is 4. The van der Waals surface area contributed by atoms with E-state index in [1.165, 1.54) is 7.11 Å². The van der Waals surface area contributed by atoms with Crippen LogP contribution in [0.15, 0.2) is 17.5 Å². The SMILES string of the molecule is COC(=O)c1scc(C)c1NC(=O)/C=C/C(=O)O. The van der Waals surface area contributed by atoms with Crippen molar-refractivity contribution in [1.29, 1.82) is 0 Å². The minimum absolute atomic E-state index is 0.270. The predicted octanol–water partition coefficient (Wildman–Crippen LogP) is 1.42. The number of carbonyl (C=O) groups is 3. The lowest BCUT2D eigenvalue weighted by Crippen LogP contribution is -2.12. The first kappa shape index (κ1) is 13.9. The molecule has 0 spiro atoms. The van der Waals surface area contributed by atoms with E-state index < -0.39 is 17.8 Å². The van der Waals surface area contributed by atoms with Crippen LogP contribution in [0, 0.1) is 6.92 Å². The monoisotopic (exact) mass is 269 g/mol. The zero-order chi connectivity index (χ0) is 13.7. The van der Waals surface area contributed by atoms with E-state index in [9.17, 15) is 14.4 Å². The molecule has 0 radical (unpaired) electrons. The summed E-state index contributed by atoms with van der Waals surface area (Å²) in [7, 11) is 1.24. The first-order valence-electron chi connectivity index (χ1n) is 4.84. The second-order valence-corrected chi connectivity index (χ2v) is 4.15. The Morgan fingerprint density at radius 1 is 1.39 bits per heavy atom. The van der Waals surface area contributed by atoms with Crippen LogP contribution in [0.1, 0.15) is 15.2 Å². The Labute approximate surface area is 107 Å². The highest BCUT2D eigenvalue weighted by atomic mass is 32.1. The van der Waals surface area contributed by atoms with Crippen LogP contribution < -0.4 is 5.32 Å². The highest BCUT2D eigenvalue weighted by molar-refractivity contribution is 7.12. The van der Waals surface area contributed by atoms with Crippen LogP contribution in [0.25, 0.3) is 0 Å². The Morgan fingerprint density at radius 3 is 2.61 bits per heavy atom. The molecular weight excluding hydrogens is 258 g/mol. The number of methoxy groups -OCH3 is 1. The summed E-state index contributed by atoms with van der Waals surface area (Å²) < 4.78 is 4.58. The molecule has 96 valence electrons. The van der Waals surface area contributed by atoms with E-state index in [4.69, 9.17) is 5.11 Å². The number of carboxylic acid groups (broad SMARTS) is 1. The van der Waals surface area contributed by atoms with Gasteiger partial charge in [0.1, 0.15) is 4.88 Å². The first-order valence-corrected chi connectivity index (χ1v) is 5.72. The number of anilines is 1. The van der Waals surface area contributed by atoms with E-state index in [-0.39, 0.29) is 4.88 Å². The second-order valence-electron chi connectivity index (χ2n) is 3.28. The van der Waals surface area contributed by atoms with Crippen LogP contribution in [0.5, 0.6) is 0 Å². The average Bonchev–Trinajstić information content (AvgIpc) is 2.68. The molecule has 7 heteroatoms. The van der Waals surface area contributed by atoms with Gasteiger partial charge in [-0.25, -0.2) is 9.59 Å². The lowest BCUT2D eigenvalue weighted by Gasteiger charge is -2.04. The maximum Gasteiger partial charge on any atom is 0.350 e. The molecule has 0 fully saturated rings. The molecule has 1 rings (SSSR count). The quantitative estimate of drug-likeness (QED) is 0.637. The normalized spacial score (nSPS) is 10.3. The molecule has 0 aliphatic rings. The summed E-state index contributed by atoms with van der Waals surface area (Å²) in [5, 5.41) is 12.5. The zero-order valence-electron chi connectivity index (χ0n) is 9.72. The van der Waals surface area contributed by atoms with E-state index in [0.29, 0.717) is 11.3 Å². The molecule has 0 unspecified atom stereocenters. The largest absolute Gasteiger partial charge is 0.478 e. The summed E-state index contributed by atoms with van der Waals surface area (Å²) in [6.45, 7) is 1.72. The van der Waals surface area contributed by atoms with Crippen molar-refractivity contribution < 1.29 is 24.2 Å². The molecule has 6 nitrogen and oxygen atoms in total. The molecule has 0 saturated carbocycles. The fourth-order valence-electron chi connectivity index (χ4n) is 1.15. The van der Waals surface area contributed by atoms with Crippen molar-refractivity contribution in [3.8, 4) is 0 Å². The summed E-state index contributed by atoms with van der Waals surface area (Å²) in [6, 6.07) is 0. The molecule has 0 atom stereocenters. The van der Waals surface area contributed by atoms with Gasteiger partial charge in [-0.1, -0.05) is 0 Å². The first-order chi connectivity index (χ1) is 8.45. The Balaban J connectivity index is 2.90. The number of amides is 1. The third-order valence-electron chi connectivity index (χ3n) is 1.97. The lowest BCUT2D eigenvalue weighted by molar-refractivity contribution is -0.131. The second kappa shape index (κ2) is 5.97.